The van der Waals surface area contributed by atoms with Crippen molar-refractivity contribution in [1.82, 2.24) is 0 Å². The van der Waals surface area contributed by atoms with Gasteiger partial charge >= 0.3 is 0 Å². The molecule has 0 aliphatic carbocycles. The van der Waals surface area contributed by atoms with E-state index in [9.17, 15) is 0 Å². The van der Waals surface area contributed by atoms with Crippen molar-refractivity contribution in [3.05, 3.63) is 95.1 Å². The van der Waals surface area contributed by atoms with Gasteiger partial charge in [-0.05, 0) is 60.4 Å². The van der Waals surface area contributed by atoms with Crippen LogP contribution in [0.4, 0.5) is 0 Å². The molecule has 0 saturated carbocycles. The van der Waals surface area contributed by atoms with Gasteiger partial charge in [0.05, 0.1) is 0 Å². The second kappa shape index (κ2) is 6.88. The molecule has 0 unspecified atom stereocenters. The summed E-state index contributed by atoms with van der Waals surface area (Å²) in [4.78, 5) is 0. The minimum Gasteiger partial charge on any atom is -0.0616 e. The first-order valence-electron chi connectivity index (χ1n) is 8.46. The molecular formula is C24H24. The smallest absolute Gasteiger partial charge is 0.0152 e. The van der Waals surface area contributed by atoms with Crippen molar-refractivity contribution in [2.75, 3.05) is 0 Å². The van der Waals surface area contributed by atoms with Gasteiger partial charge in [0.15, 0.2) is 0 Å². The maximum atomic E-state index is 2.22. The van der Waals surface area contributed by atoms with Crippen LogP contribution in [-0.2, 0) is 0 Å². The molecule has 0 heterocycles. The highest BCUT2D eigenvalue weighted by atomic mass is 14.0. The van der Waals surface area contributed by atoms with Crippen molar-refractivity contribution in [2.45, 2.75) is 27.7 Å². The fourth-order valence-electron chi connectivity index (χ4n) is 3.08. The Kier molecular flexibility index (Phi) is 4.66. The van der Waals surface area contributed by atoms with E-state index in [2.05, 4.69) is 100 Å². The largest absolute Gasteiger partial charge is 0.0616 e. The molecule has 0 aliphatic heterocycles. The van der Waals surface area contributed by atoms with Crippen LogP contribution in [0.3, 0.4) is 0 Å². The summed E-state index contributed by atoms with van der Waals surface area (Å²) in [5.41, 5.74) is 5.37. The molecule has 4 aromatic carbocycles. The number of hydrogen-bond acceptors (Lipinski definition) is 0. The Hall–Kier alpha value is -2.60. The third-order valence-electron chi connectivity index (χ3n) is 4.51. The Bertz CT molecular complexity index is 911. The quantitative estimate of drug-likeness (QED) is 0.331. The summed E-state index contributed by atoms with van der Waals surface area (Å²) in [7, 11) is 0. The minimum atomic E-state index is 1.33. The summed E-state index contributed by atoms with van der Waals surface area (Å²) >= 11 is 0. The SMILES string of the molecule is Cc1ccc(C)c2ccccc12.Cc1ccc2cc(C)ccc2c1. The lowest BCUT2D eigenvalue weighted by Crippen LogP contribution is -1.80. The van der Waals surface area contributed by atoms with Crippen molar-refractivity contribution in [3.8, 4) is 0 Å². The number of rotatable bonds is 0. The van der Waals surface area contributed by atoms with Gasteiger partial charge in [0, 0.05) is 0 Å². The van der Waals surface area contributed by atoms with Crippen molar-refractivity contribution in [2.24, 2.45) is 0 Å². The second-order valence-electron chi connectivity index (χ2n) is 6.60. The van der Waals surface area contributed by atoms with E-state index < -0.39 is 0 Å². The lowest BCUT2D eigenvalue weighted by atomic mass is 10.0. The monoisotopic (exact) mass is 312 g/mol. The van der Waals surface area contributed by atoms with Crippen molar-refractivity contribution < 1.29 is 0 Å². The molecule has 0 saturated heterocycles. The first-order chi connectivity index (χ1) is 11.5. The second-order valence-corrected chi connectivity index (χ2v) is 6.60. The van der Waals surface area contributed by atoms with Crippen LogP contribution in [0.25, 0.3) is 21.5 Å². The van der Waals surface area contributed by atoms with Crippen LogP contribution in [0.15, 0.2) is 72.8 Å². The van der Waals surface area contributed by atoms with E-state index in [4.69, 9.17) is 0 Å². The van der Waals surface area contributed by atoms with E-state index in [-0.39, 0.29) is 0 Å². The molecule has 4 aromatic rings. The molecule has 24 heavy (non-hydrogen) atoms. The highest BCUT2D eigenvalue weighted by molar-refractivity contribution is 5.88. The molecule has 0 nitrogen and oxygen atoms in total. The topological polar surface area (TPSA) is 0 Å². The summed E-state index contributed by atoms with van der Waals surface area (Å²) in [6, 6.07) is 26.0. The molecule has 0 aliphatic rings. The van der Waals surface area contributed by atoms with Crippen LogP contribution in [0, 0.1) is 27.7 Å². The van der Waals surface area contributed by atoms with E-state index >= 15 is 0 Å². The Morgan fingerprint density at radius 3 is 1.29 bits per heavy atom. The van der Waals surface area contributed by atoms with Gasteiger partial charge in [-0.3, -0.25) is 0 Å². The first kappa shape index (κ1) is 16.3. The van der Waals surface area contributed by atoms with Crippen molar-refractivity contribution >= 4 is 21.5 Å². The Morgan fingerprint density at radius 2 is 0.875 bits per heavy atom. The van der Waals surface area contributed by atoms with Crippen LogP contribution >= 0.6 is 0 Å². The molecule has 0 radical (unpaired) electrons. The summed E-state index contributed by atoms with van der Waals surface area (Å²) in [5, 5.41) is 5.41. The highest BCUT2D eigenvalue weighted by Gasteiger charge is 1.97. The van der Waals surface area contributed by atoms with E-state index in [1.807, 2.05) is 0 Å². The number of fused-ring (bicyclic) bond motifs is 2. The molecule has 0 bridgehead atoms. The van der Waals surface area contributed by atoms with E-state index in [0.717, 1.165) is 0 Å². The third kappa shape index (κ3) is 3.49. The molecule has 4 rings (SSSR count). The van der Waals surface area contributed by atoms with Crippen molar-refractivity contribution in [1.29, 1.82) is 0 Å². The predicted octanol–water partition coefficient (Wildman–Crippen LogP) is 6.91. The summed E-state index contributed by atoms with van der Waals surface area (Å²) < 4.78 is 0. The minimum absolute atomic E-state index is 1.33. The van der Waals surface area contributed by atoms with Crippen LogP contribution in [0.1, 0.15) is 22.3 Å². The molecule has 0 N–H and O–H groups in total. The van der Waals surface area contributed by atoms with Gasteiger partial charge in [-0.25, -0.2) is 0 Å². The number of aryl methyl sites for hydroxylation is 4. The third-order valence-corrected chi connectivity index (χ3v) is 4.51. The molecule has 0 aromatic heterocycles. The maximum absolute atomic E-state index is 2.22. The predicted molar refractivity (Wildman–Crippen MR) is 107 cm³/mol. The van der Waals surface area contributed by atoms with Crippen LogP contribution in [-0.4, -0.2) is 0 Å². The van der Waals surface area contributed by atoms with Crippen molar-refractivity contribution in [3.63, 3.8) is 0 Å². The Morgan fingerprint density at radius 1 is 0.458 bits per heavy atom. The fourth-order valence-corrected chi connectivity index (χ4v) is 3.08. The van der Waals surface area contributed by atoms with E-state index in [1.54, 1.807) is 0 Å². The average Bonchev–Trinajstić information content (AvgIpc) is 2.59. The van der Waals surface area contributed by atoms with Gasteiger partial charge in [-0.2, -0.15) is 0 Å². The zero-order chi connectivity index (χ0) is 17.1. The lowest BCUT2D eigenvalue weighted by molar-refractivity contribution is 1.46. The number of hydrogen-bond donors (Lipinski definition) is 0. The summed E-state index contributed by atoms with van der Waals surface area (Å²) in [6.07, 6.45) is 0. The van der Waals surface area contributed by atoms with Gasteiger partial charge < -0.3 is 0 Å². The zero-order valence-electron chi connectivity index (χ0n) is 14.9. The highest BCUT2D eigenvalue weighted by Crippen LogP contribution is 2.21. The number of benzene rings is 4. The Labute approximate surface area is 144 Å². The summed E-state index contributed by atoms with van der Waals surface area (Å²) in [6.45, 7) is 8.56. The standard InChI is InChI=1S/2C12H12/c1-9-3-5-12-8-10(2)4-6-11(12)7-9;1-9-7-8-10(2)12-6-4-3-5-11(9)12/h2*3-8H,1-2H3. The normalized spacial score (nSPS) is 10.5. The van der Waals surface area contributed by atoms with Crippen LogP contribution in [0.2, 0.25) is 0 Å². The van der Waals surface area contributed by atoms with E-state index in [1.165, 1.54) is 43.8 Å². The molecule has 0 heteroatoms. The fraction of sp³-hybridized carbons (Fsp3) is 0.167. The molecule has 0 atom stereocenters. The lowest BCUT2D eigenvalue weighted by Gasteiger charge is -2.03. The first-order valence-corrected chi connectivity index (χ1v) is 8.46. The summed E-state index contributed by atoms with van der Waals surface area (Å²) in [5.74, 6) is 0. The molecular weight excluding hydrogens is 288 g/mol. The van der Waals surface area contributed by atoms with Gasteiger partial charge in [-0.1, -0.05) is 83.9 Å². The van der Waals surface area contributed by atoms with Gasteiger partial charge in [0.1, 0.15) is 0 Å². The maximum Gasteiger partial charge on any atom is -0.0152 e. The van der Waals surface area contributed by atoms with Gasteiger partial charge in [0.25, 0.3) is 0 Å². The van der Waals surface area contributed by atoms with E-state index in [0.29, 0.717) is 0 Å². The van der Waals surface area contributed by atoms with Gasteiger partial charge in [-0.15, -0.1) is 0 Å². The molecule has 0 fully saturated rings. The average molecular weight is 312 g/mol. The van der Waals surface area contributed by atoms with Crippen LogP contribution in [0.5, 0.6) is 0 Å². The van der Waals surface area contributed by atoms with Crippen LogP contribution < -0.4 is 0 Å². The van der Waals surface area contributed by atoms with Gasteiger partial charge in [0.2, 0.25) is 0 Å². The Balaban J connectivity index is 0.000000141. The molecule has 0 spiro atoms. The molecule has 0 amide bonds. The molecule has 120 valence electrons. The zero-order valence-corrected chi connectivity index (χ0v) is 14.9.